The molecule has 1 amide bonds. The average Bonchev–Trinajstić information content (AvgIpc) is 3.05. The number of ether oxygens (including phenoxy) is 3. The Hall–Kier alpha value is -3.13. The Morgan fingerprint density at radius 1 is 1.10 bits per heavy atom. The minimum atomic E-state index is -0.389. The molecule has 31 heavy (non-hydrogen) atoms. The van der Waals surface area contributed by atoms with Gasteiger partial charge in [0.25, 0.3) is 5.91 Å². The van der Waals surface area contributed by atoms with Crippen molar-refractivity contribution in [3.05, 3.63) is 51.8 Å². The molecule has 0 N–H and O–H groups in total. The molecule has 0 aliphatic carbocycles. The zero-order chi connectivity index (χ0) is 22.0. The molecule has 0 unspecified atom stereocenters. The molecule has 1 aliphatic heterocycles. The first-order valence-electron chi connectivity index (χ1n) is 10.2. The lowest BCUT2D eigenvalue weighted by atomic mass is 10.0. The van der Waals surface area contributed by atoms with Gasteiger partial charge in [0.1, 0.15) is 19.8 Å². The molecule has 0 saturated heterocycles. The lowest BCUT2D eigenvalue weighted by molar-refractivity contribution is -0.143. The summed E-state index contributed by atoms with van der Waals surface area (Å²) in [6.07, 6.45) is 0.192. The monoisotopic (exact) mass is 440 g/mol. The van der Waals surface area contributed by atoms with Crippen LogP contribution in [0.3, 0.4) is 0 Å². The van der Waals surface area contributed by atoms with E-state index >= 15 is 0 Å². The fraction of sp³-hybridized carbons (Fsp3) is 0.348. The molecule has 162 valence electrons. The predicted molar refractivity (Wildman–Crippen MR) is 118 cm³/mol. The molecule has 0 radical (unpaired) electrons. The highest BCUT2D eigenvalue weighted by Crippen LogP contribution is 2.35. The van der Waals surface area contributed by atoms with Crippen molar-refractivity contribution in [3.8, 4) is 11.5 Å². The van der Waals surface area contributed by atoms with Crippen LogP contribution in [0.4, 0.5) is 0 Å². The van der Waals surface area contributed by atoms with Crippen molar-refractivity contribution in [2.24, 2.45) is 4.99 Å². The first kappa shape index (κ1) is 21.1. The van der Waals surface area contributed by atoms with Gasteiger partial charge in [-0.2, -0.15) is 4.99 Å². The number of benzene rings is 2. The lowest BCUT2D eigenvalue weighted by Crippen LogP contribution is -2.23. The number of aromatic nitrogens is 1. The smallest absolute Gasteiger partial charge is 0.326 e. The van der Waals surface area contributed by atoms with Gasteiger partial charge in [-0.15, -0.1) is 0 Å². The number of hydrogen-bond donors (Lipinski definition) is 0. The van der Waals surface area contributed by atoms with E-state index in [1.165, 1.54) is 16.9 Å². The van der Waals surface area contributed by atoms with E-state index in [9.17, 15) is 9.59 Å². The van der Waals surface area contributed by atoms with Crippen LogP contribution >= 0.6 is 11.3 Å². The Labute approximate surface area is 183 Å². The first-order chi connectivity index (χ1) is 14.9. The van der Waals surface area contributed by atoms with Crippen LogP contribution in [-0.2, 0) is 27.3 Å². The van der Waals surface area contributed by atoms with Crippen molar-refractivity contribution in [3.63, 3.8) is 0 Å². The van der Waals surface area contributed by atoms with Crippen LogP contribution < -0.4 is 14.3 Å². The maximum absolute atomic E-state index is 12.7. The van der Waals surface area contributed by atoms with Gasteiger partial charge in [0.2, 0.25) is 0 Å². The number of carbonyl (C=O) groups excluding carboxylic acids is 2. The minimum Gasteiger partial charge on any atom is -0.486 e. The van der Waals surface area contributed by atoms with E-state index in [1.54, 1.807) is 11.5 Å². The van der Waals surface area contributed by atoms with Crippen molar-refractivity contribution in [1.82, 2.24) is 4.57 Å². The molecule has 0 fully saturated rings. The summed E-state index contributed by atoms with van der Waals surface area (Å²) in [6.45, 7) is 7.01. The number of aryl methyl sites for hydroxylation is 2. The quantitative estimate of drug-likeness (QED) is 0.569. The normalized spacial score (nSPS) is 13.5. The number of thiazole rings is 1. The van der Waals surface area contributed by atoms with E-state index in [-0.39, 0.29) is 31.4 Å². The maximum Gasteiger partial charge on any atom is 0.326 e. The fourth-order valence-electron chi connectivity index (χ4n) is 3.41. The molecule has 0 spiro atoms. The summed E-state index contributed by atoms with van der Waals surface area (Å²) in [5, 5.41) is 0. The Bertz CT molecular complexity index is 1220. The summed E-state index contributed by atoms with van der Waals surface area (Å²) in [5.74, 6) is 0.600. The highest BCUT2D eigenvalue weighted by atomic mass is 32.1. The number of fused-ring (bicyclic) bond motifs is 2. The minimum absolute atomic E-state index is 0.0385. The Morgan fingerprint density at radius 3 is 2.55 bits per heavy atom. The zero-order valence-electron chi connectivity index (χ0n) is 17.8. The van der Waals surface area contributed by atoms with Crippen molar-refractivity contribution in [2.75, 3.05) is 19.8 Å². The molecular weight excluding hydrogens is 416 g/mol. The van der Waals surface area contributed by atoms with Crippen LogP contribution in [0.25, 0.3) is 10.2 Å². The van der Waals surface area contributed by atoms with Crippen LogP contribution in [0.1, 0.15) is 23.6 Å². The Kier molecular flexibility index (Phi) is 6.08. The zero-order valence-corrected chi connectivity index (χ0v) is 18.6. The Morgan fingerprint density at radius 2 is 1.84 bits per heavy atom. The van der Waals surface area contributed by atoms with Gasteiger partial charge in [-0.1, -0.05) is 29.5 Å². The number of rotatable bonds is 5. The van der Waals surface area contributed by atoms with Crippen molar-refractivity contribution < 1.29 is 23.8 Å². The second kappa shape index (κ2) is 8.93. The largest absolute Gasteiger partial charge is 0.486 e. The van der Waals surface area contributed by atoms with E-state index in [2.05, 4.69) is 4.99 Å². The topological polar surface area (TPSA) is 79.1 Å². The molecule has 2 heterocycles. The van der Waals surface area contributed by atoms with Gasteiger partial charge in [-0.05, 0) is 37.5 Å². The molecule has 7 nitrogen and oxygen atoms in total. The number of amides is 1. The van der Waals surface area contributed by atoms with E-state index in [4.69, 9.17) is 14.2 Å². The van der Waals surface area contributed by atoms with E-state index < -0.39 is 0 Å². The second-order valence-electron chi connectivity index (χ2n) is 7.34. The third kappa shape index (κ3) is 4.64. The summed E-state index contributed by atoms with van der Waals surface area (Å²) in [7, 11) is 0. The molecule has 1 aliphatic rings. The third-order valence-electron chi connectivity index (χ3n) is 5.09. The number of nitrogens with zero attached hydrogens (tertiary/aromatic N) is 2. The van der Waals surface area contributed by atoms with Crippen LogP contribution in [0.15, 0.2) is 35.3 Å². The van der Waals surface area contributed by atoms with Gasteiger partial charge in [-0.25, -0.2) is 0 Å². The molecule has 0 bridgehead atoms. The van der Waals surface area contributed by atoms with E-state index in [1.807, 2.05) is 44.2 Å². The fourth-order valence-corrected chi connectivity index (χ4v) is 4.47. The summed E-state index contributed by atoms with van der Waals surface area (Å²) in [6, 6.07) is 9.64. The second-order valence-corrected chi connectivity index (χ2v) is 8.35. The third-order valence-corrected chi connectivity index (χ3v) is 6.13. The van der Waals surface area contributed by atoms with Gasteiger partial charge >= 0.3 is 5.97 Å². The number of carbonyl (C=O) groups is 2. The molecule has 8 heteroatoms. The molecule has 2 aromatic carbocycles. The summed E-state index contributed by atoms with van der Waals surface area (Å²) in [4.78, 5) is 29.7. The molecule has 0 saturated carbocycles. The predicted octanol–water partition coefficient (Wildman–Crippen LogP) is 3.32. The molecular formula is C23H24N2O5S. The summed E-state index contributed by atoms with van der Waals surface area (Å²) >= 11 is 1.33. The average molecular weight is 441 g/mol. The molecule has 0 atom stereocenters. The van der Waals surface area contributed by atoms with Crippen molar-refractivity contribution in [1.29, 1.82) is 0 Å². The SMILES string of the molecule is CCOC(=O)Cn1c(=NC(=O)Cc2ccc(C)c(C)c2)sc2cc3c(cc21)OCCO3. The van der Waals surface area contributed by atoms with Gasteiger partial charge in [0, 0.05) is 12.1 Å². The van der Waals surface area contributed by atoms with Crippen LogP contribution in [-0.4, -0.2) is 36.3 Å². The van der Waals surface area contributed by atoms with Gasteiger partial charge in [0.05, 0.1) is 23.2 Å². The van der Waals surface area contributed by atoms with E-state index in [0.717, 1.165) is 21.3 Å². The van der Waals surface area contributed by atoms with Crippen LogP contribution in [0, 0.1) is 13.8 Å². The Balaban J connectivity index is 1.74. The van der Waals surface area contributed by atoms with Gasteiger partial charge in [-0.3, -0.25) is 9.59 Å². The van der Waals surface area contributed by atoms with Crippen molar-refractivity contribution in [2.45, 2.75) is 33.7 Å². The summed E-state index contributed by atoms with van der Waals surface area (Å²) < 4.78 is 19.0. The van der Waals surface area contributed by atoms with Crippen LogP contribution in [0.5, 0.6) is 11.5 Å². The molecule has 3 aromatic rings. The van der Waals surface area contributed by atoms with Crippen LogP contribution in [0.2, 0.25) is 0 Å². The van der Waals surface area contributed by atoms with Crippen molar-refractivity contribution >= 4 is 33.4 Å². The van der Waals surface area contributed by atoms with Gasteiger partial charge < -0.3 is 18.8 Å². The standard InChI is InChI=1S/C23H24N2O5S/c1-4-28-22(27)13-25-17-11-18-19(30-8-7-29-18)12-20(17)31-23(25)24-21(26)10-16-6-5-14(2)15(3)9-16/h5-6,9,11-12H,4,7-8,10,13H2,1-3H3. The molecule has 1 aromatic heterocycles. The first-order valence-corrected chi connectivity index (χ1v) is 11.0. The maximum atomic E-state index is 12.7. The highest BCUT2D eigenvalue weighted by molar-refractivity contribution is 7.16. The van der Waals surface area contributed by atoms with E-state index in [0.29, 0.717) is 29.5 Å². The lowest BCUT2D eigenvalue weighted by Gasteiger charge is -2.18. The highest BCUT2D eigenvalue weighted by Gasteiger charge is 2.18. The van der Waals surface area contributed by atoms with Gasteiger partial charge in [0.15, 0.2) is 16.3 Å². The number of esters is 1. The molecule has 4 rings (SSSR count). The number of hydrogen-bond acceptors (Lipinski definition) is 6. The summed E-state index contributed by atoms with van der Waals surface area (Å²) in [5.41, 5.74) is 3.97.